The van der Waals surface area contributed by atoms with Gasteiger partial charge in [0.15, 0.2) is 10.7 Å². The number of ether oxygens (including phenoxy) is 1. The molecule has 0 fully saturated rings. The Bertz CT molecular complexity index is 841. The molecule has 0 spiro atoms. The minimum atomic E-state index is -0.698. The van der Waals surface area contributed by atoms with E-state index in [-0.39, 0.29) is 17.3 Å². The van der Waals surface area contributed by atoms with Crippen LogP contribution in [0.4, 0.5) is 0 Å². The number of esters is 1. The molecule has 0 aliphatic rings. The Balaban J connectivity index is 1.75. The van der Waals surface area contributed by atoms with Crippen molar-refractivity contribution in [3.05, 3.63) is 65.0 Å². The molecule has 2 aromatic heterocycles. The second-order valence-corrected chi connectivity index (χ2v) is 5.91. The summed E-state index contributed by atoms with van der Waals surface area (Å²) in [6.07, 6.45) is 2.07. The molecule has 0 unspecified atom stereocenters. The summed E-state index contributed by atoms with van der Waals surface area (Å²) in [5.74, 6) is -0.868. The van der Waals surface area contributed by atoms with Crippen molar-refractivity contribution in [3.8, 4) is 10.6 Å². The molecule has 3 aromatic rings. The summed E-state index contributed by atoms with van der Waals surface area (Å²) in [6, 6.07) is 13.0. The van der Waals surface area contributed by atoms with Crippen molar-refractivity contribution < 1.29 is 18.7 Å². The van der Waals surface area contributed by atoms with E-state index >= 15 is 0 Å². The van der Waals surface area contributed by atoms with Crippen LogP contribution in [0.3, 0.4) is 0 Å². The summed E-state index contributed by atoms with van der Waals surface area (Å²) >= 11 is 1.00. The lowest BCUT2D eigenvalue weighted by atomic mass is 10.2. The third-order valence-electron chi connectivity index (χ3n) is 3.24. The lowest BCUT2D eigenvalue weighted by Gasteiger charge is -2.04. The highest BCUT2D eigenvalue weighted by molar-refractivity contribution is 7.17. The van der Waals surface area contributed by atoms with Gasteiger partial charge in [0, 0.05) is 6.42 Å². The lowest BCUT2D eigenvalue weighted by Crippen LogP contribution is -2.13. The Morgan fingerprint density at radius 1 is 1.17 bits per heavy atom. The number of nitrogens with zero attached hydrogens (tertiary/aromatic N) is 1. The van der Waals surface area contributed by atoms with Gasteiger partial charge < -0.3 is 14.9 Å². The first-order valence-electron chi connectivity index (χ1n) is 7.20. The number of furan rings is 1. The second kappa shape index (κ2) is 7.10. The number of carbonyl (C=O) groups excluding carboxylic acids is 2. The number of rotatable bonds is 6. The summed E-state index contributed by atoms with van der Waals surface area (Å²) in [5.41, 5.74) is 6.35. The van der Waals surface area contributed by atoms with Gasteiger partial charge >= 0.3 is 5.97 Å². The summed E-state index contributed by atoms with van der Waals surface area (Å²) < 4.78 is 10.6. The van der Waals surface area contributed by atoms with Gasteiger partial charge in [-0.05, 0) is 17.7 Å². The molecule has 1 aromatic carbocycles. The number of nitrogens with two attached hydrogens (primary N) is 1. The van der Waals surface area contributed by atoms with Gasteiger partial charge in [-0.2, -0.15) is 0 Å². The van der Waals surface area contributed by atoms with Crippen molar-refractivity contribution >= 4 is 23.2 Å². The van der Waals surface area contributed by atoms with Crippen molar-refractivity contribution in [2.24, 2.45) is 5.73 Å². The highest BCUT2D eigenvalue weighted by Crippen LogP contribution is 2.31. The van der Waals surface area contributed by atoms with Crippen molar-refractivity contribution in [2.45, 2.75) is 6.42 Å². The predicted molar refractivity (Wildman–Crippen MR) is 88.8 cm³/mol. The van der Waals surface area contributed by atoms with E-state index in [0.29, 0.717) is 17.1 Å². The Kier molecular flexibility index (Phi) is 4.72. The van der Waals surface area contributed by atoms with E-state index in [4.69, 9.17) is 14.9 Å². The largest absolute Gasteiger partial charge is 0.463 e. The SMILES string of the molecule is NC(=O)c1nc(C(=O)OCCc2ccccc2)c(-c2ccco2)s1. The molecule has 122 valence electrons. The van der Waals surface area contributed by atoms with E-state index in [1.165, 1.54) is 6.26 Å². The Hall–Kier alpha value is -2.93. The van der Waals surface area contributed by atoms with Crippen LogP contribution in [0.2, 0.25) is 0 Å². The number of hydrogen-bond acceptors (Lipinski definition) is 6. The number of amides is 1. The molecule has 6 nitrogen and oxygen atoms in total. The minimum absolute atomic E-state index is 0.0383. The van der Waals surface area contributed by atoms with Crippen LogP contribution < -0.4 is 5.73 Å². The van der Waals surface area contributed by atoms with Gasteiger partial charge in [0.05, 0.1) is 12.9 Å². The maximum absolute atomic E-state index is 12.3. The molecule has 0 saturated carbocycles. The molecular weight excluding hydrogens is 328 g/mol. The highest BCUT2D eigenvalue weighted by Gasteiger charge is 2.24. The van der Waals surface area contributed by atoms with E-state index in [1.807, 2.05) is 30.3 Å². The van der Waals surface area contributed by atoms with Gasteiger partial charge in [-0.1, -0.05) is 30.3 Å². The monoisotopic (exact) mass is 342 g/mol. The summed E-state index contributed by atoms with van der Waals surface area (Å²) in [4.78, 5) is 28.1. The fourth-order valence-corrected chi connectivity index (χ4v) is 2.99. The zero-order chi connectivity index (χ0) is 16.9. The zero-order valence-electron chi connectivity index (χ0n) is 12.6. The zero-order valence-corrected chi connectivity index (χ0v) is 13.4. The van der Waals surface area contributed by atoms with E-state index in [1.54, 1.807) is 12.1 Å². The lowest BCUT2D eigenvalue weighted by molar-refractivity contribution is 0.0504. The maximum atomic E-state index is 12.3. The molecule has 7 heteroatoms. The normalized spacial score (nSPS) is 10.5. The average Bonchev–Trinajstić information content (AvgIpc) is 3.25. The molecule has 1 amide bonds. The van der Waals surface area contributed by atoms with Crippen LogP contribution in [0, 0.1) is 0 Å². The second-order valence-electron chi connectivity index (χ2n) is 4.91. The van der Waals surface area contributed by atoms with E-state index in [0.717, 1.165) is 16.9 Å². The first-order chi connectivity index (χ1) is 11.6. The van der Waals surface area contributed by atoms with Gasteiger partial charge in [-0.25, -0.2) is 9.78 Å². The molecule has 2 heterocycles. The number of carbonyl (C=O) groups is 2. The molecular formula is C17H14N2O4S. The molecule has 0 atom stereocenters. The van der Waals surface area contributed by atoms with Gasteiger partial charge in [0.1, 0.15) is 10.6 Å². The Morgan fingerprint density at radius 3 is 2.62 bits per heavy atom. The van der Waals surface area contributed by atoms with Crippen LogP contribution in [0.15, 0.2) is 53.1 Å². The molecule has 24 heavy (non-hydrogen) atoms. The van der Waals surface area contributed by atoms with Crippen LogP contribution in [0.25, 0.3) is 10.6 Å². The Labute approximate surface area is 141 Å². The van der Waals surface area contributed by atoms with E-state index in [9.17, 15) is 9.59 Å². The first kappa shape index (κ1) is 15.9. The molecule has 0 bridgehead atoms. The number of thiazole rings is 1. The van der Waals surface area contributed by atoms with Gasteiger partial charge in [-0.15, -0.1) is 11.3 Å². The van der Waals surface area contributed by atoms with Gasteiger partial charge in [0.2, 0.25) is 0 Å². The topological polar surface area (TPSA) is 95.4 Å². The number of aromatic nitrogens is 1. The van der Waals surface area contributed by atoms with E-state index < -0.39 is 11.9 Å². The quantitative estimate of drug-likeness (QED) is 0.695. The Morgan fingerprint density at radius 2 is 1.96 bits per heavy atom. The minimum Gasteiger partial charge on any atom is -0.463 e. The molecule has 0 aliphatic heterocycles. The number of hydrogen-bond donors (Lipinski definition) is 1. The maximum Gasteiger partial charge on any atom is 0.358 e. The smallest absolute Gasteiger partial charge is 0.358 e. The number of benzene rings is 1. The fourth-order valence-electron chi connectivity index (χ4n) is 2.11. The number of primary amides is 1. The van der Waals surface area contributed by atoms with Gasteiger partial charge in [0.25, 0.3) is 5.91 Å². The third-order valence-corrected chi connectivity index (χ3v) is 4.33. The van der Waals surface area contributed by atoms with Crippen molar-refractivity contribution in [3.63, 3.8) is 0 Å². The standard InChI is InChI=1S/C17H14N2O4S/c18-15(20)16-19-13(14(24-16)12-7-4-9-22-12)17(21)23-10-8-11-5-2-1-3-6-11/h1-7,9H,8,10H2,(H2,18,20). The summed E-state index contributed by atoms with van der Waals surface area (Å²) in [6.45, 7) is 0.212. The van der Waals surface area contributed by atoms with Gasteiger partial charge in [-0.3, -0.25) is 4.79 Å². The van der Waals surface area contributed by atoms with Crippen LogP contribution in [0.1, 0.15) is 25.9 Å². The summed E-state index contributed by atoms with van der Waals surface area (Å²) in [5, 5.41) is 0.0383. The first-order valence-corrected chi connectivity index (χ1v) is 8.02. The van der Waals surface area contributed by atoms with Crippen molar-refractivity contribution in [1.82, 2.24) is 4.98 Å². The van der Waals surface area contributed by atoms with Crippen molar-refractivity contribution in [1.29, 1.82) is 0 Å². The highest BCUT2D eigenvalue weighted by atomic mass is 32.1. The van der Waals surface area contributed by atoms with Crippen LogP contribution in [0.5, 0.6) is 0 Å². The summed E-state index contributed by atoms with van der Waals surface area (Å²) in [7, 11) is 0. The average molecular weight is 342 g/mol. The predicted octanol–water partition coefficient (Wildman–Crippen LogP) is 2.90. The van der Waals surface area contributed by atoms with E-state index in [2.05, 4.69) is 4.98 Å². The van der Waals surface area contributed by atoms with Crippen LogP contribution in [-0.2, 0) is 11.2 Å². The fraction of sp³-hybridized carbons (Fsp3) is 0.118. The molecule has 0 saturated heterocycles. The molecule has 3 rings (SSSR count). The molecule has 0 radical (unpaired) electrons. The van der Waals surface area contributed by atoms with Crippen LogP contribution >= 0.6 is 11.3 Å². The third kappa shape index (κ3) is 3.52. The van der Waals surface area contributed by atoms with Crippen LogP contribution in [-0.4, -0.2) is 23.5 Å². The molecule has 0 aliphatic carbocycles. The molecule has 2 N–H and O–H groups in total. The van der Waals surface area contributed by atoms with Crippen molar-refractivity contribution in [2.75, 3.05) is 6.61 Å².